The van der Waals surface area contributed by atoms with Crippen LogP contribution in [-0.4, -0.2) is 34.4 Å². The SMILES string of the molecule is O=C(O)CCCCC(=O)OB(O)O.[H-].[Li+]. The molecule has 76 valence electrons. The first-order chi connectivity index (χ1) is 6.02. The molecule has 0 heterocycles. The van der Waals surface area contributed by atoms with Crippen molar-refractivity contribution in [3.63, 3.8) is 0 Å². The van der Waals surface area contributed by atoms with E-state index in [9.17, 15) is 9.59 Å². The molecule has 0 aromatic rings. The van der Waals surface area contributed by atoms with E-state index in [-0.39, 0.29) is 33.1 Å². The topological polar surface area (TPSA) is 104 Å². The monoisotopic (exact) mass is 198 g/mol. The maximum atomic E-state index is 10.6. The van der Waals surface area contributed by atoms with Crippen LogP contribution < -0.4 is 18.9 Å². The van der Waals surface area contributed by atoms with Crippen LogP contribution in [-0.2, 0) is 14.2 Å². The molecule has 0 unspecified atom stereocenters. The molecule has 0 aromatic heterocycles. The third kappa shape index (κ3) is 11.5. The molecule has 0 bridgehead atoms. The number of aliphatic carboxylic acids is 1. The normalized spacial score (nSPS) is 8.71. The Morgan fingerprint density at radius 3 is 2.14 bits per heavy atom. The summed E-state index contributed by atoms with van der Waals surface area (Å²) in [7, 11) is -2.09. The second-order valence-electron chi connectivity index (χ2n) is 2.42. The minimum absolute atomic E-state index is 0. The van der Waals surface area contributed by atoms with Gasteiger partial charge in [-0.1, -0.05) is 0 Å². The van der Waals surface area contributed by atoms with Crippen molar-refractivity contribution in [2.24, 2.45) is 0 Å². The third-order valence-electron chi connectivity index (χ3n) is 1.26. The molecule has 0 spiro atoms. The van der Waals surface area contributed by atoms with Crippen LogP contribution in [0.5, 0.6) is 0 Å². The smallest absolute Gasteiger partial charge is 1.00 e. The van der Waals surface area contributed by atoms with Gasteiger partial charge in [0.25, 0.3) is 5.97 Å². The molecule has 0 saturated heterocycles. The van der Waals surface area contributed by atoms with Gasteiger partial charge in [0.2, 0.25) is 0 Å². The summed E-state index contributed by atoms with van der Waals surface area (Å²) in [4.78, 5) is 20.6. The number of rotatable bonds is 6. The van der Waals surface area contributed by atoms with E-state index in [4.69, 9.17) is 15.2 Å². The second kappa shape index (κ2) is 9.09. The van der Waals surface area contributed by atoms with Crippen LogP contribution in [0, 0.1) is 0 Å². The minimum atomic E-state index is -2.09. The Bertz CT molecular complexity index is 190. The third-order valence-corrected chi connectivity index (χ3v) is 1.26. The molecule has 0 rings (SSSR count). The molecule has 0 radical (unpaired) electrons. The maximum Gasteiger partial charge on any atom is 1.00 e. The Hall–Kier alpha value is -0.478. The van der Waals surface area contributed by atoms with Crippen molar-refractivity contribution >= 4 is 19.3 Å². The molecular formula is C6H12BLiO6. The van der Waals surface area contributed by atoms with Crippen molar-refractivity contribution < 1.29 is 49.7 Å². The molecule has 14 heavy (non-hydrogen) atoms. The molecule has 0 atom stereocenters. The Kier molecular flexibility index (Phi) is 10.4. The Labute approximate surface area is 95.1 Å². The van der Waals surface area contributed by atoms with Crippen LogP contribution in [0.4, 0.5) is 0 Å². The van der Waals surface area contributed by atoms with Gasteiger partial charge in [-0.05, 0) is 12.8 Å². The van der Waals surface area contributed by atoms with Crippen molar-refractivity contribution in [1.29, 1.82) is 0 Å². The van der Waals surface area contributed by atoms with Gasteiger partial charge in [-0.3, -0.25) is 9.59 Å². The average Bonchev–Trinajstić information content (AvgIpc) is 1.96. The number of carbonyl (C=O) groups is 2. The average molecular weight is 198 g/mol. The van der Waals surface area contributed by atoms with E-state index in [1.54, 1.807) is 0 Å². The van der Waals surface area contributed by atoms with E-state index >= 15 is 0 Å². The zero-order valence-electron chi connectivity index (χ0n) is 8.97. The van der Waals surface area contributed by atoms with Crippen LogP contribution in [0.3, 0.4) is 0 Å². The summed E-state index contributed by atoms with van der Waals surface area (Å²) in [6.07, 6.45) is 0.712. The molecule has 6 nitrogen and oxygen atoms in total. The van der Waals surface area contributed by atoms with Crippen molar-refractivity contribution in [2.75, 3.05) is 0 Å². The number of unbranched alkanes of at least 4 members (excludes halogenated alkanes) is 1. The fraction of sp³-hybridized carbons (Fsp3) is 0.667. The largest absolute Gasteiger partial charge is 1.00 e. The van der Waals surface area contributed by atoms with E-state index in [1.807, 2.05) is 0 Å². The van der Waals surface area contributed by atoms with Gasteiger partial charge in [-0.25, -0.2) is 0 Å². The first kappa shape index (κ1) is 16.0. The minimum Gasteiger partial charge on any atom is -1.00 e. The summed E-state index contributed by atoms with van der Waals surface area (Å²) < 4.78 is 3.98. The molecule has 0 fully saturated rings. The molecule has 0 amide bonds. The summed E-state index contributed by atoms with van der Waals surface area (Å²) in [6.45, 7) is 0. The van der Waals surface area contributed by atoms with Crippen molar-refractivity contribution in [3.05, 3.63) is 0 Å². The summed E-state index contributed by atoms with van der Waals surface area (Å²) in [5.41, 5.74) is 0. The summed E-state index contributed by atoms with van der Waals surface area (Å²) in [5.74, 6) is -1.67. The van der Waals surface area contributed by atoms with E-state index in [0.717, 1.165) is 0 Å². The second-order valence-corrected chi connectivity index (χ2v) is 2.42. The van der Waals surface area contributed by atoms with E-state index in [2.05, 4.69) is 4.65 Å². The number of hydrogen-bond donors (Lipinski definition) is 3. The molecule has 8 heteroatoms. The number of carbonyl (C=O) groups excluding carboxylic acids is 1. The molecule has 0 aliphatic carbocycles. The fourth-order valence-corrected chi connectivity index (χ4v) is 0.722. The van der Waals surface area contributed by atoms with Gasteiger partial charge in [-0.15, -0.1) is 0 Å². The quantitative estimate of drug-likeness (QED) is 0.299. The Balaban J connectivity index is -0.000000720. The van der Waals surface area contributed by atoms with Crippen LogP contribution in [0.25, 0.3) is 0 Å². The first-order valence-corrected chi connectivity index (χ1v) is 3.80. The summed E-state index contributed by atoms with van der Waals surface area (Å²) >= 11 is 0. The summed E-state index contributed by atoms with van der Waals surface area (Å²) in [6, 6.07) is 0. The van der Waals surface area contributed by atoms with Gasteiger partial charge in [-0.2, -0.15) is 0 Å². The fourth-order valence-electron chi connectivity index (χ4n) is 0.722. The number of carboxylic acid groups (broad SMARTS) is 1. The van der Waals surface area contributed by atoms with Gasteiger partial charge in [0.05, 0.1) is 0 Å². The molecule has 0 aromatic carbocycles. The maximum absolute atomic E-state index is 10.6. The zero-order chi connectivity index (χ0) is 10.3. The van der Waals surface area contributed by atoms with Crippen LogP contribution >= 0.6 is 0 Å². The van der Waals surface area contributed by atoms with E-state index < -0.39 is 19.3 Å². The Morgan fingerprint density at radius 1 is 1.21 bits per heavy atom. The van der Waals surface area contributed by atoms with Gasteiger partial charge in [0.15, 0.2) is 0 Å². The van der Waals surface area contributed by atoms with E-state index in [0.29, 0.717) is 12.8 Å². The van der Waals surface area contributed by atoms with Gasteiger partial charge in [0, 0.05) is 12.8 Å². The van der Waals surface area contributed by atoms with Gasteiger partial charge < -0.3 is 21.2 Å². The predicted molar refractivity (Wildman–Crippen MR) is 43.5 cm³/mol. The molecule has 0 saturated carbocycles. The summed E-state index contributed by atoms with van der Waals surface area (Å²) in [5, 5.41) is 24.6. The number of hydrogen-bond acceptors (Lipinski definition) is 5. The molecule has 0 aliphatic rings. The molecular weight excluding hydrogens is 186 g/mol. The van der Waals surface area contributed by atoms with E-state index in [1.165, 1.54) is 0 Å². The molecule has 3 N–H and O–H groups in total. The predicted octanol–water partition coefficient (Wildman–Crippen LogP) is -3.74. The van der Waals surface area contributed by atoms with Crippen molar-refractivity contribution in [1.82, 2.24) is 0 Å². The van der Waals surface area contributed by atoms with Gasteiger partial charge >= 0.3 is 32.2 Å². The van der Waals surface area contributed by atoms with Crippen molar-refractivity contribution in [2.45, 2.75) is 25.7 Å². The van der Waals surface area contributed by atoms with Gasteiger partial charge in [0.1, 0.15) is 0 Å². The van der Waals surface area contributed by atoms with Crippen LogP contribution in [0.2, 0.25) is 0 Å². The Morgan fingerprint density at radius 2 is 1.71 bits per heavy atom. The zero-order valence-corrected chi connectivity index (χ0v) is 7.97. The van der Waals surface area contributed by atoms with Crippen LogP contribution in [0.1, 0.15) is 27.1 Å². The molecule has 0 aliphatic heterocycles. The number of carboxylic acids is 1. The standard InChI is InChI=1S/C6H11BO6.Li.H/c8-5(9)3-1-2-4-6(10)13-7(11)12;;/h11-12H,1-4H2,(H,8,9);;/q;+1;-1. The first-order valence-electron chi connectivity index (χ1n) is 3.80. The van der Waals surface area contributed by atoms with Crippen molar-refractivity contribution in [3.8, 4) is 0 Å². The van der Waals surface area contributed by atoms with Crippen LogP contribution in [0.15, 0.2) is 0 Å².